The fourth-order valence-electron chi connectivity index (χ4n) is 1.99. The molecule has 19 heavy (non-hydrogen) atoms. The van der Waals surface area contributed by atoms with E-state index in [1.807, 2.05) is 6.92 Å². The highest BCUT2D eigenvalue weighted by Crippen LogP contribution is 2.03. The molecule has 1 N–H and O–H groups in total. The molecule has 0 aliphatic heterocycles. The van der Waals surface area contributed by atoms with Gasteiger partial charge in [0, 0.05) is 19.7 Å². The van der Waals surface area contributed by atoms with E-state index < -0.39 is 0 Å². The van der Waals surface area contributed by atoms with Crippen LogP contribution in [0.1, 0.15) is 34.1 Å². The van der Waals surface area contributed by atoms with Crippen LogP contribution in [0.4, 0.5) is 0 Å². The maximum absolute atomic E-state index is 11.9. The molecule has 5 nitrogen and oxygen atoms in total. The van der Waals surface area contributed by atoms with Crippen molar-refractivity contribution in [1.29, 1.82) is 0 Å². The Labute approximate surface area is 117 Å². The molecule has 0 aliphatic carbocycles. The van der Waals surface area contributed by atoms with E-state index >= 15 is 0 Å². The second-order valence-corrected chi connectivity index (χ2v) is 4.65. The van der Waals surface area contributed by atoms with E-state index in [0.29, 0.717) is 19.8 Å². The van der Waals surface area contributed by atoms with E-state index in [-0.39, 0.29) is 18.1 Å². The number of carbonyl (C=O) groups excluding carboxylic acids is 1. The van der Waals surface area contributed by atoms with Crippen LogP contribution in [-0.4, -0.2) is 62.9 Å². The zero-order chi connectivity index (χ0) is 14.7. The third kappa shape index (κ3) is 7.50. The van der Waals surface area contributed by atoms with Gasteiger partial charge in [-0.15, -0.1) is 0 Å². The zero-order valence-corrected chi connectivity index (χ0v) is 13.1. The normalized spacial score (nSPS) is 14.4. The SMILES string of the molecule is CCCNC(CN(CC)C(C)COC)C(=O)OCC. The van der Waals surface area contributed by atoms with Crippen molar-refractivity contribution in [3.8, 4) is 0 Å². The van der Waals surface area contributed by atoms with Gasteiger partial charge in [-0.3, -0.25) is 9.69 Å². The van der Waals surface area contributed by atoms with E-state index in [4.69, 9.17) is 9.47 Å². The summed E-state index contributed by atoms with van der Waals surface area (Å²) in [7, 11) is 1.70. The lowest BCUT2D eigenvalue weighted by Crippen LogP contribution is -2.50. The summed E-state index contributed by atoms with van der Waals surface area (Å²) in [5.74, 6) is -0.168. The van der Waals surface area contributed by atoms with Crippen molar-refractivity contribution >= 4 is 5.97 Å². The number of likely N-dealkylation sites (N-methyl/N-ethyl adjacent to an activating group) is 1. The molecule has 0 amide bonds. The molecule has 0 saturated carbocycles. The van der Waals surface area contributed by atoms with E-state index in [2.05, 4.69) is 31.0 Å². The van der Waals surface area contributed by atoms with Gasteiger partial charge in [-0.2, -0.15) is 0 Å². The zero-order valence-electron chi connectivity index (χ0n) is 13.1. The Morgan fingerprint density at radius 3 is 2.47 bits per heavy atom. The van der Waals surface area contributed by atoms with E-state index in [1.54, 1.807) is 7.11 Å². The number of nitrogens with zero attached hydrogens (tertiary/aromatic N) is 1. The van der Waals surface area contributed by atoms with E-state index in [9.17, 15) is 4.79 Å². The van der Waals surface area contributed by atoms with Crippen LogP contribution in [-0.2, 0) is 14.3 Å². The number of esters is 1. The maximum Gasteiger partial charge on any atom is 0.324 e. The third-order valence-electron chi connectivity index (χ3n) is 3.07. The first-order chi connectivity index (χ1) is 9.10. The molecule has 114 valence electrons. The Bertz CT molecular complexity index is 237. The van der Waals surface area contributed by atoms with Crippen LogP contribution in [0.5, 0.6) is 0 Å². The number of carbonyl (C=O) groups is 1. The summed E-state index contributed by atoms with van der Waals surface area (Å²) >= 11 is 0. The van der Waals surface area contributed by atoms with Crippen LogP contribution in [0.2, 0.25) is 0 Å². The smallest absolute Gasteiger partial charge is 0.324 e. The number of hydrogen-bond acceptors (Lipinski definition) is 5. The number of ether oxygens (including phenoxy) is 2. The van der Waals surface area contributed by atoms with Gasteiger partial charge in [0.1, 0.15) is 6.04 Å². The Kier molecular flexibility index (Phi) is 10.8. The minimum atomic E-state index is -0.265. The molecule has 0 bridgehead atoms. The van der Waals surface area contributed by atoms with Crippen LogP contribution in [0.3, 0.4) is 0 Å². The second kappa shape index (κ2) is 11.2. The molecule has 0 fully saturated rings. The summed E-state index contributed by atoms with van der Waals surface area (Å²) in [4.78, 5) is 14.2. The van der Waals surface area contributed by atoms with Gasteiger partial charge in [-0.25, -0.2) is 0 Å². The summed E-state index contributed by atoms with van der Waals surface area (Å²) < 4.78 is 10.3. The fourth-order valence-corrected chi connectivity index (χ4v) is 1.99. The summed E-state index contributed by atoms with van der Waals surface area (Å²) in [5.41, 5.74) is 0. The molecule has 0 aromatic heterocycles. The molecule has 5 heteroatoms. The highest BCUT2D eigenvalue weighted by atomic mass is 16.5. The minimum Gasteiger partial charge on any atom is -0.465 e. The van der Waals surface area contributed by atoms with Crippen LogP contribution in [0, 0.1) is 0 Å². The molecule has 0 heterocycles. The summed E-state index contributed by atoms with van der Waals surface area (Å²) in [5, 5.41) is 3.26. The van der Waals surface area contributed by atoms with Gasteiger partial charge >= 0.3 is 5.97 Å². The van der Waals surface area contributed by atoms with Gasteiger partial charge in [0.05, 0.1) is 13.2 Å². The van der Waals surface area contributed by atoms with Crippen molar-refractivity contribution in [3.05, 3.63) is 0 Å². The molecule has 0 radical (unpaired) electrons. The molecule has 2 unspecified atom stereocenters. The van der Waals surface area contributed by atoms with Gasteiger partial charge in [0.15, 0.2) is 0 Å². The third-order valence-corrected chi connectivity index (χ3v) is 3.07. The maximum atomic E-state index is 11.9. The van der Waals surface area contributed by atoms with Crippen LogP contribution in [0.15, 0.2) is 0 Å². The second-order valence-electron chi connectivity index (χ2n) is 4.65. The summed E-state index contributed by atoms with van der Waals surface area (Å²) in [6.07, 6.45) is 0.996. The van der Waals surface area contributed by atoms with Gasteiger partial charge in [0.25, 0.3) is 0 Å². The molecule has 0 aromatic carbocycles. The van der Waals surface area contributed by atoms with E-state index in [1.165, 1.54) is 0 Å². The van der Waals surface area contributed by atoms with Gasteiger partial charge < -0.3 is 14.8 Å². The first-order valence-electron chi connectivity index (χ1n) is 7.23. The van der Waals surface area contributed by atoms with Gasteiger partial charge in [-0.1, -0.05) is 13.8 Å². The van der Waals surface area contributed by atoms with Crippen molar-refractivity contribution in [2.24, 2.45) is 0 Å². The molecule has 0 spiro atoms. The minimum absolute atomic E-state index is 0.168. The Hall–Kier alpha value is -0.650. The van der Waals surface area contributed by atoms with Crippen molar-refractivity contribution in [2.45, 2.75) is 46.2 Å². The number of rotatable bonds is 11. The first kappa shape index (κ1) is 18.4. The Morgan fingerprint density at radius 1 is 1.32 bits per heavy atom. The number of hydrogen-bond donors (Lipinski definition) is 1. The highest BCUT2D eigenvalue weighted by Gasteiger charge is 2.23. The van der Waals surface area contributed by atoms with Crippen molar-refractivity contribution in [1.82, 2.24) is 10.2 Å². The Morgan fingerprint density at radius 2 is 2.00 bits per heavy atom. The molecule has 0 rings (SSSR count). The van der Waals surface area contributed by atoms with Gasteiger partial charge in [-0.05, 0) is 33.4 Å². The van der Waals surface area contributed by atoms with Crippen molar-refractivity contribution in [2.75, 3.05) is 40.0 Å². The largest absolute Gasteiger partial charge is 0.465 e. The predicted octanol–water partition coefficient (Wildman–Crippen LogP) is 1.27. The van der Waals surface area contributed by atoms with Crippen molar-refractivity contribution < 1.29 is 14.3 Å². The average molecular weight is 274 g/mol. The average Bonchev–Trinajstić information content (AvgIpc) is 2.39. The number of nitrogens with one attached hydrogen (secondary N) is 1. The topological polar surface area (TPSA) is 50.8 Å². The van der Waals surface area contributed by atoms with Crippen LogP contribution in [0.25, 0.3) is 0 Å². The van der Waals surface area contributed by atoms with Crippen molar-refractivity contribution in [3.63, 3.8) is 0 Å². The molecule has 2 atom stereocenters. The lowest BCUT2D eigenvalue weighted by molar-refractivity contribution is -0.146. The summed E-state index contributed by atoms with van der Waals surface area (Å²) in [6, 6.07) is 0.0227. The van der Waals surface area contributed by atoms with E-state index in [0.717, 1.165) is 19.5 Å². The molecule has 0 aliphatic rings. The van der Waals surface area contributed by atoms with Crippen LogP contribution < -0.4 is 5.32 Å². The standard InChI is InChI=1S/C14H30N2O3/c1-6-9-15-13(14(17)19-8-3)10-16(7-2)12(4)11-18-5/h12-13,15H,6-11H2,1-5H3. The van der Waals surface area contributed by atoms with Gasteiger partial charge in [0.2, 0.25) is 0 Å². The lowest BCUT2D eigenvalue weighted by Gasteiger charge is -2.30. The highest BCUT2D eigenvalue weighted by molar-refractivity contribution is 5.76. The molecular formula is C14H30N2O3. The molecule has 0 aromatic rings. The van der Waals surface area contributed by atoms with Crippen LogP contribution >= 0.6 is 0 Å². The predicted molar refractivity (Wildman–Crippen MR) is 77.3 cm³/mol. The molecular weight excluding hydrogens is 244 g/mol. The molecule has 0 saturated heterocycles. The Balaban J connectivity index is 4.52. The monoisotopic (exact) mass is 274 g/mol. The lowest BCUT2D eigenvalue weighted by atomic mass is 10.2. The quantitative estimate of drug-likeness (QED) is 0.575. The number of methoxy groups -OCH3 is 1. The summed E-state index contributed by atoms with van der Waals surface area (Å²) in [6.45, 7) is 11.6. The first-order valence-corrected chi connectivity index (χ1v) is 7.23. The fraction of sp³-hybridized carbons (Fsp3) is 0.929.